The molecule has 4 nitrogen and oxygen atoms in total. The van der Waals surface area contributed by atoms with E-state index in [1.807, 2.05) is 32.4 Å². The van der Waals surface area contributed by atoms with Crippen LogP contribution in [0.4, 0.5) is 0 Å². The van der Waals surface area contributed by atoms with Crippen LogP contribution in [-0.2, 0) is 18.2 Å². The fourth-order valence-corrected chi connectivity index (χ4v) is 2.05. The van der Waals surface area contributed by atoms with Crippen molar-refractivity contribution >= 4 is 5.97 Å². The predicted octanol–water partition coefficient (Wildman–Crippen LogP) is 1.71. The minimum absolute atomic E-state index is 0.0823. The molecule has 1 aromatic heterocycles. The first kappa shape index (κ1) is 13.8. The fourth-order valence-electron chi connectivity index (χ4n) is 2.05. The van der Waals surface area contributed by atoms with Gasteiger partial charge in [0.15, 0.2) is 0 Å². The number of nitrogens with zero attached hydrogens (tertiary/aromatic N) is 1. The predicted molar refractivity (Wildman–Crippen MR) is 68.2 cm³/mol. The van der Waals surface area contributed by atoms with Gasteiger partial charge in [-0.2, -0.15) is 0 Å². The molecule has 0 spiro atoms. The summed E-state index contributed by atoms with van der Waals surface area (Å²) in [5, 5.41) is 0. The summed E-state index contributed by atoms with van der Waals surface area (Å²) in [5.41, 5.74) is 9.71. The summed E-state index contributed by atoms with van der Waals surface area (Å²) >= 11 is 0. The van der Waals surface area contributed by atoms with Crippen molar-refractivity contribution in [2.75, 3.05) is 7.11 Å². The Labute approximate surface area is 103 Å². The Balaban J connectivity index is 3.26. The van der Waals surface area contributed by atoms with Crippen LogP contribution in [0.3, 0.4) is 0 Å². The average molecular weight is 238 g/mol. The number of nitrogens with two attached hydrogens (primary N) is 1. The maximum absolute atomic E-state index is 11.8. The normalized spacial score (nSPS) is 12.6. The Morgan fingerprint density at radius 3 is 2.47 bits per heavy atom. The lowest BCUT2D eigenvalue weighted by Crippen LogP contribution is -2.23. The molecule has 96 valence electrons. The maximum atomic E-state index is 11.8. The maximum Gasteiger partial charge on any atom is 0.339 e. The standard InChI is InChI=1S/C13H22N2O2/c1-6-10(14)7-11-8(2)15(4)9(3)12(11)13(16)17-5/h10H,6-7,14H2,1-5H3. The Morgan fingerprint density at radius 1 is 1.41 bits per heavy atom. The van der Waals surface area contributed by atoms with Crippen LogP contribution in [0, 0.1) is 13.8 Å². The van der Waals surface area contributed by atoms with Gasteiger partial charge >= 0.3 is 5.97 Å². The molecule has 4 heteroatoms. The summed E-state index contributed by atoms with van der Waals surface area (Å²) in [7, 11) is 3.37. The van der Waals surface area contributed by atoms with Crippen LogP contribution in [0.5, 0.6) is 0 Å². The fraction of sp³-hybridized carbons (Fsp3) is 0.615. The largest absolute Gasteiger partial charge is 0.465 e. The Kier molecular flexibility index (Phi) is 4.34. The first-order valence-corrected chi connectivity index (χ1v) is 5.92. The number of aromatic nitrogens is 1. The summed E-state index contributed by atoms with van der Waals surface area (Å²) in [4.78, 5) is 11.8. The van der Waals surface area contributed by atoms with E-state index in [1.165, 1.54) is 7.11 Å². The van der Waals surface area contributed by atoms with Gasteiger partial charge in [-0.25, -0.2) is 4.79 Å². The number of carbonyl (C=O) groups excluding carboxylic acids is 1. The SMILES string of the molecule is CCC(N)Cc1c(C(=O)OC)c(C)n(C)c1C. The van der Waals surface area contributed by atoms with Crippen LogP contribution in [0.15, 0.2) is 0 Å². The first-order chi connectivity index (χ1) is 7.93. The highest BCUT2D eigenvalue weighted by Gasteiger charge is 2.23. The molecule has 0 aliphatic carbocycles. The number of ether oxygens (including phenoxy) is 1. The smallest absolute Gasteiger partial charge is 0.339 e. The van der Waals surface area contributed by atoms with Crippen LogP contribution >= 0.6 is 0 Å². The average Bonchev–Trinajstić information content (AvgIpc) is 2.53. The summed E-state index contributed by atoms with van der Waals surface area (Å²) in [5.74, 6) is -0.274. The van der Waals surface area contributed by atoms with E-state index in [0.29, 0.717) is 12.0 Å². The molecule has 0 fully saturated rings. The van der Waals surface area contributed by atoms with E-state index in [2.05, 4.69) is 0 Å². The molecule has 0 amide bonds. The molecule has 0 saturated carbocycles. The highest BCUT2D eigenvalue weighted by molar-refractivity contribution is 5.93. The molecule has 0 aromatic carbocycles. The summed E-state index contributed by atoms with van der Waals surface area (Å²) in [6, 6.07) is 0.0823. The van der Waals surface area contributed by atoms with Crippen molar-refractivity contribution in [1.29, 1.82) is 0 Å². The van der Waals surface area contributed by atoms with Crippen LogP contribution in [-0.4, -0.2) is 23.7 Å². The molecule has 1 aromatic rings. The van der Waals surface area contributed by atoms with Gasteiger partial charge in [-0.05, 0) is 32.3 Å². The topological polar surface area (TPSA) is 57.3 Å². The molecule has 1 heterocycles. The van der Waals surface area contributed by atoms with Gasteiger partial charge in [0.1, 0.15) is 0 Å². The van der Waals surface area contributed by atoms with Gasteiger partial charge in [-0.1, -0.05) is 6.92 Å². The van der Waals surface area contributed by atoms with E-state index in [4.69, 9.17) is 10.5 Å². The molecule has 0 aliphatic heterocycles. The van der Waals surface area contributed by atoms with E-state index < -0.39 is 0 Å². The van der Waals surface area contributed by atoms with Crippen LogP contribution in [0.2, 0.25) is 0 Å². The highest BCUT2D eigenvalue weighted by atomic mass is 16.5. The van der Waals surface area contributed by atoms with Crippen molar-refractivity contribution in [2.45, 2.75) is 39.7 Å². The summed E-state index contributed by atoms with van der Waals surface area (Å²) in [6.07, 6.45) is 1.61. The van der Waals surface area contributed by atoms with Crippen molar-refractivity contribution < 1.29 is 9.53 Å². The van der Waals surface area contributed by atoms with Gasteiger partial charge in [0, 0.05) is 24.5 Å². The van der Waals surface area contributed by atoms with Crippen molar-refractivity contribution in [3.8, 4) is 0 Å². The molecule has 1 atom stereocenters. The highest BCUT2D eigenvalue weighted by Crippen LogP contribution is 2.23. The van der Waals surface area contributed by atoms with E-state index in [9.17, 15) is 4.79 Å². The van der Waals surface area contributed by atoms with Gasteiger partial charge in [0.05, 0.1) is 12.7 Å². The Hall–Kier alpha value is -1.29. The zero-order chi connectivity index (χ0) is 13.2. The van der Waals surface area contributed by atoms with Gasteiger partial charge in [-0.3, -0.25) is 0 Å². The van der Waals surface area contributed by atoms with Crippen LogP contribution in [0.1, 0.15) is 40.7 Å². The molecule has 0 saturated heterocycles. The quantitative estimate of drug-likeness (QED) is 0.812. The Bertz CT molecular complexity index is 422. The van der Waals surface area contributed by atoms with Crippen molar-refractivity contribution in [1.82, 2.24) is 4.57 Å². The number of hydrogen-bond donors (Lipinski definition) is 1. The second-order valence-electron chi connectivity index (χ2n) is 4.45. The Morgan fingerprint density at radius 2 is 2.00 bits per heavy atom. The molecular weight excluding hydrogens is 216 g/mol. The van der Waals surface area contributed by atoms with Gasteiger partial charge in [0.2, 0.25) is 0 Å². The van der Waals surface area contributed by atoms with Gasteiger partial charge < -0.3 is 15.0 Å². The zero-order valence-corrected chi connectivity index (χ0v) is 11.3. The number of rotatable bonds is 4. The number of hydrogen-bond acceptors (Lipinski definition) is 3. The molecule has 0 aliphatic rings. The van der Waals surface area contributed by atoms with E-state index in [0.717, 1.165) is 23.4 Å². The molecule has 0 bridgehead atoms. The number of esters is 1. The van der Waals surface area contributed by atoms with Gasteiger partial charge in [-0.15, -0.1) is 0 Å². The molecular formula is C13H22N2O2. The van der Waals surface area contributed by atoms with E-state index in [-0.39, 0.29) is 12.0 Å². The van der Waals surface area contributed by atoms with Gasteiger partial charge in [0.25, 0.3) is 0 Å². The minimum Gasteiger partial charge on any atom is -0.465 e. The molecule has 2 N–H and O–H groups in total. The molecule has 1 unspecified atom stereocenters. The van der Waals surface area contributed by atoms with Crippen LogP contribution in [0.25, 0.3) is 0 Å². The second-order valence-corrected chi connectivity index (χ2v) is 4.45. The number of methoxy groups -OCH3 is 1. The van der Waals surface area contributed by atoms with Crippen molar-refractivity contribution in [3.05, 3.63) is 22.5 Å². The van der Waals surface area contributed by atoms with E-state index in [1.54, 1.807) is 0 Å². The number of carbonyl (C=O) groups is 1. The lowest BCUT2D eigenvalue weighted by atomic mass is 10.00. The minimum atomic E-state index is -0.274. The monoisotopic (exact) mass is 238 g/mol. The summed E-state index contributed by atoms with van der Waals surface area (Å²) < 4.78 is 6.87. The third-order valence-corrected chi connectivity index (χ3v) is 3.49. The van der Waals surface area contributed by atoms with Crippen molar-refractivity contribution in [3.63, 3.8) is 0 Å². The third-order valence-electron chi connectivity index (χ3n) is 3.49. The van der Waals surface area contributed by atoms with Crippen molar-refractivity contribution in [2.24, 2.45) is 12.8 Å². The zero-order valence-electron chi connectivity index (χ0n) is 11.3. The molecule has 1 rings (SSSR count). The lowest BCUT2D eigenvalue weighted by molar-refractivity contribution is 0.0598. The van der Waals surface area contributed by atoms with E-state index >= 15 is 0 Å². The second kappa shape index (κ2) is 5.36. The lowest BCUT2D eigenvalue weighted by Gasteiger charge is -2.10. The first-order valence-electron chi connectivity index (χ1n) is 5.92. The summed E-state index contributed by atoms with van der Waals surface area (Å²) in [6.45, 7) is 5.99. The third kappa shape index (κ3) is 2.52. The molecule has 17 heavy (non-hydrogen) atoms. The molecule has 0 radical (unpaired) electrons. The van der Waals surface area contributed by atoms with Crippen LogP contribution < -0.4 is 5.73 Å².